The van der Waals surface area contributed by atoms with Crippen molar-refractivity contribution in [3.05, 3.63) is 40.8 Å². The van der Waals surface area contributed by atoms with Gasteiger partial charge in [0.2, 0.25) is 0 Å². The minimum Gasteiger partial charge on any atom is -0.395 e. The quantitative estimate of drug-likeness (QED) is 0.789. The van der Waals surface area contributed by atoms with Crippen molar-refractivity contribution in [3.8, 4) is 0 Å². The fourth-order valence-electron chi connectivity index (χ4n) is 2.18. The zero-order valence-electron chi connectivity index (χ0n) is 11.3. The van der Waals surface area contributed by atoms with Gasteiger partial charge in [-0.25, -0.2) is 0 Å². The summed E-state index contributed by atoms with van der Waals surface area (Å²) in [6.07, 6.45) is 4.33. The van der Waals surface area contributed by atoms with Gasteiger partial charge in [0, 0.05) is 22.9 Å². The predicted molar refractivity (Wildman–Crippen MR) is 82.7 cm³/mol. The molecule has 8 heteroatoms. The number of β-amino-alcohol motifs (C(OH)–C–C–N with tert-alkyl or cyclic N) is 1. The lowest BCUT2D eigenvalue weighted by Gasteiger charge is -2.14. The Balaban J connectivity index is 1.95. The second-order valence-electron chi connectivity index (χ2n) is 4.55. The monoisotopic (exact) mass is 362 g/mol. The van der Waals surface area contributed by atoms with E-state index in [0.29, 0.717) is 16.7 Å². The summed E-state index contributed by atoms with van der Waals surface area (Å²) in [6.45, 7) is -0.300. The normalized spacial score (nSPS) is 14.6. The third-order valence-electron chi connectivity index (χ3n) is 3.18. The Morgan fingerprint density at radius 1 is 1.18 bits per heavy atom. The first-order valence-corrected chi connectivity index (χ1v) is 7.25. The van der Waals surface area contributed by atoms with Gasteiger partial charge >= 0.3 is 0 Å². The molecule has 0 fully saturated rings. The van der Waals surface area contributed by atoms with Crippen molar-refractivity contribution in [1.29, 1.82) is 0 Å². The van der Waals surface area contributed by atoms with Gasteiger partial charge in [0.1, 0.15) is 16.7 Å². The number of carbonyl (C=O) groups excluding carboxylic acids is 2. The van der Waals surface area contributed by atoms with Crippen molar-refractivity contribution in [3.63, 3.8) is 0 Å². The molecule has 1 aromatic heterocycles. The standard InChI is InChI=1S/C14H11BrN4O3/c15-8-1-2-9(13-12(8)16-3-4-17-13)18-10-7-11(21)19(5-6-20)14(10)22/h1-4,7,18,20H,5-6H2. The Hall–Kier alpha value is -2.32. The molecule has 2 N–H and O–H groups in total. The Kier molecular flexibility index (Phi) is 3.86. The molecule has 0 unspecified atom stereocenters. The van der Waals surface area contributed by atoms with Crippen LogP contribution in [-0.2, 0) is 9.59 Å². The molecule has 0 radical (unpaired) electrons. The third-order valence-corrected chi connectivity index (χ3v) is 3.82. The van der Waals surface area contributed by atoms with Gasteiger partial charge in [-0.2, -0.15) is 0 Å². The average molecular weight is 363 g/mol. The molecule has 0 atom stereocenters. The van der Waals surface area contributed by atoms with Crippen LogP contribution in [0.5, 0.6) is 0 Å². The van der Waals surface area contributed by atoms with Gasteiger partial charge in [0.25, 0.3) is 11.8 Å². The van der Waals surface area contributed by atoms with Gasteiger partial charge in [-0.15, -0.1) is 0 Å². The number of rotatable bonds is 4. The topological polar surface area (TPSA) is 95.4 Å². The predicted octanol–water partition coefficient (Wildman–Crippen LogP) is 1.05. The highest BCUT2D eigenvalue weighted by Gasteiger charge is 2.30. The number of aromatic nitrogens is 2. The molecule has 1 aliphatic heterocycles. The summed E-state index contributed by atoms with van der Waals surface area (Å²) in [5.41, 5.74) is 1.95. The van der Waals surface area contributed by atoms with Crippen molar-refractivity contribution in [2.75, 3.05) is 18.5 Å². The molecule has 0 aliphatic carbocycles. The van der Waals surface area contributed by atoms with Crippen LogP contribution in [0.1, 0.15) is 0 Å². The third kappa shape index (κ3) is 2.46. The largest absolute Gasteiger partial charge is 0.395 e. The Morgan fingerprint density at radius 3 is 2.64 bits per heavy atom. The van der Waals surface area contributed by atoms with Crippen molar-refractivity contribution >= 4 is 44.5 Å². The van der Waals surface area contributed by atoms with Gasteiger partial charge in [-0.05, 0) is 28.1 Å². The minimum atomic E-state index is -0.473. The van der Waals surface area contributed by atoms with Crippen LogP contribution >= 0.6 is 15.9 Å². The first-order valence-electron chi connectivity index (χ1n) is 6.46. The summed E-state index contributed by atoms with van der Waals surface area (Å²) in [6, 6.07) is 3.53. The first kappa shape index (κ1) is 14.6. The van der Waals surface area contributed by atoms with Crippen LogP contribution in [0.15, 0.2) is 40.8 Å². The number of nitrogens with one attached hydrogen (secondary N) is 1. The smallest absolute Gasteiger partial charge is 0.277 e. The maximum Gasteiger partial charge on any atom is 0.277 e. The van der Waals surface area contributed by atoms with Crippen LogP contribution in [0.2, 0.25) is 0 Å². The van der Waals surface area contributed by atoms with Crippen molar-refractivity contribution in [2.45, 2.75) is 0 Å². The van der Waals surface area contributed by atoms with Crippen LogP contribution in [0.25, 0.3) is 11.0 Å². The molecule has 2 aromatic rings. The molecule has 3 rings (SSSR count). The van der Waals surface area contributed by atoms with E-state index < -0.39 is 11.8 Å². The van der Waals surface area contributed by atoms with E-state index in [2.05, 4.69) is 31.2 Å². The number of nitrogens with zero attached hydrogens (tertiary/aromatic N) is 3. The van der Waals surface area contributed by atoms with E-state index in [1.807, 2.05) is 0 Å². The maximum atomic E-state index is 12.1. The average Bonchev–Trinajstić information content (AvgIpc) is 2.78. The van der Waals surface area contributed by atoms with Crippen LogP contribution in [0.3, 0.4) is 0 Å². The molecule has 1 aromatic carbocycles. The van der Waals surface area contributed by atoms with Gasteiger partial charge in [0.15, 0.2) is 0 Å². The van der Waals surface area contributed by atoms with E-state index in [4.69, 9.17) is 5.11 Å². The molecule has 0 spiro atoms. The van der Waals surface area contributed by atoms with Crippen LogP contribution in [0, 0.1) is 0 Å². The highest BCUT2D eigenvalue weighted by Crippen LogP contribution is 2.28. The number of imide groups is 1. The van der Waals surface area contributed by atoms with Crippen LogP contribution in [-0.4, -0.2) is 44.9 Å². The number of amides is 2. The van der Waals surface area contributed by atoms with Crippen LogP contribution in [0.4, 0.5) is 5.69 Å². The number of aliphatic hydroxyl groups is 1. The number of halogens is 1. The fraction of sp³-hybridized carbons (Fsp3) is 0.143. The lowest BCUT2D eigenvalue weighted by Crippen LogP contribution is -2.34. The van der Waals surface area contributed by atoms with E-state index >= 15 is 0 Å². The molecule has 2 amide bonds. The molecule has 0 bridgehead atoms. The summed E-state index contributed by atoms with van der Waals surface area (Å²) in [7, 11) is 0. The molecular formula is C14H11BrN4O3. The van der Waals surface area contributed by atoms with Gasteiger partial charge in [-0.1, -0.05) is 0 Å². The van der Waals surface area contributed by atoms with Crippen molar-refractivity contribution in [1.82, 2.24) is 14.9 Å². The minimum absolute atomic E-state index is 0.0275. The fourth-order valence-corrected chi connectivity index (χ4v) is 2.60. The van der Waals surface area contributed by atoms with Gasteiger partial charge < -0.3 is 10.4 Å². The number of aliphatic hydroxyl groups excluding tert-OH is 1. The number of fused-ring (bicyclic) bond motifs is 1. The molecule has 112 valence electrons. The summed E-state index contributed by atoms with van der Waals surface area (Å²) in [5, 5.41) is 11.8. The van der Waals surface area contributed by atoms with E-state index in [-0.39, 0.29) is 18.8 Å². The van der Waals surface area contributed by atoms with Crippen molar-refractivity contribution in [2.24, 2.45) is 0 Å². The maximum absolute atomic E-state index is 12.1. The molecule has 0 saturated carbocycles. The van der Waals surface area contributed by atoms with E-state index in [0.717, 1.165) is 9.37 Å². The van der Waals surface area contributed by atoms with Gasteiger partial charge in [0.05, 0.1) is 18.8 Å². The summed E-state index contributed by atoms with van der Waals surface area (Å²) >= 11 is 3.39. The SMILES string of the molecule is O=C1C=C(Nc2ccc(Br)c3nccnc23)C(=O)N1CCO. The Labute approximate surface area is 133 Å². The molecular weight excluding hydrogens is 352 g/mol. The summed E-state index contributed by atoms with van der Waals surface area (Å²) < 4.78 is 0.783. The summed E-state index contributed by atoms with van der Waals surface area (Å²) in [4.78, 5) is 33.3. The zero-order valence-corrected chi connectivity index (χ0v) is 12.9. The Bertz CT molecular complexity index is 806. The van der Waals surface area contributed by atoms with Crippen LogP contribution < -0.4 is 5.32 Å². The lowest BCUT2D eigenvalue weighted by atomic mass is 10.2. The van der Waals surface area contributed by atoms with E-state index in [1.54, 1.807) is 24.5 Å². The first-order chi connectivity index (χ1) is 10.6. The Morgan fingerprint density at radius 2 is 1.91 bits per heavy atom. The number of hydrogen-bond donors (Lipinski definition) is 2. The zero-order chi connectivity index (χ0) is 15.7. The van der Waals surface area contributed by atoms with E-state index in [1.165, 1.54) is 6.08 Å². The van der Waals surface area contributed by atoms with E-state index in [9.17, 15) is 9.59 Å². The second kappa shape index (κ2) is 5.82. The highest BCUT2D eigenvalue weighted by molar-refractivity contribution is 9.10. The molecule has 7 nitrogen and oxygen atoms in total. The van der Waals surface area contributed by atoms with Gasteiger partial charge in [-0.3, -0.25) is 24.5 Å². The molecule has 1 aliphatic rings. The number of carbonyl (C=O) groups is 2. The molecule has 2 heterocycles. The lowest BCUT2D eigenvalue weighted by molar-refractivity contribution is -0.137. The molecule has 0 saturated heterocycles. The molecule has 22 heavy (non-hydrogen) atoms. The second-order valence-corrected chi connectivity index (χ2v) is 5.40. The number of benzene rings is 1. The number of hydrogen-bond acceptors (Lipinski definition) is 6. The summed E-state index contributed by atoms with van der Waals surface area (Å²) in [5.74, 6) is -0.923. The number of anilines is 1. The van der Waals surface area contributed by atoms with Crippen molar-refractivity contribution < 1.29 is 14.7 Å². The highest BCUT2D eigenvalue weighted by atomic mass is 79.9.